The van der Waals surface area contributed by atoms with Crippen LogP contribution in [0, 0.1) is 5.92 Å². The molecule has 1 aromatic heterocycles. The van der Waals surface area contributed by atoms with E-state index < -0.39 is 0 Å². The molecule has 1 atom stereocenters. The standard InChI is InChI=1S/C9H15BrN4S/c1-13-4-3-7(5-13)6-14(2)9-12-11-8(10)15-9/h7H,3-6H2,1-2H3. The summed E-state index contributed by atoms with van der Waals surface area (Å²) in [5, 5.41) is 9.07. The monoisotopic (exact) mass is 290 g/mol. The Hall–Kier alpha value is -0.200. The van der Waals surface area contributed by atoms with Gasteiger partial charge in [-0.1, -0.05) is 11.3 Å². The van der Waals surface area contributed by atoms with E-state index in [1.54, 1.807) is 11.3 Å². The SMILES string of the molecule is CN1CCC(CN(C)c2nnc(Br)s2)C1. The molecule has 6 heteroatoms. The van der Waals surface area contributed by atoms with Crippen LogP contribution in [0.25, 0.3) is 0 Å². The minimum absolute atomic E-state index is 0.766. The van der Waals surface area contributed by atoms with Gasteiger partial charge in [-0.3, -0.25) is 0 Å². The average molecular weight is 291 g/mol. The number of nitrogens with zero attached hydrogens (tertiary/aromatic N) is 4. The molecule has 0 N–H and O–H groups in total. The summed E-state index contributed by atoms with van der Waals surface area (Å²) in [5.41, 5.74) is 0. The minimum Gasteiger partial charge on any atom is -0.349 e. The summed E-state index contributed by atoms with van der Waals surface area (Å²) in [6.45, 7) is 3.49. The predicted octanol–water partition coefficient (Wildman–Crippen LogP) is 1.69. The molecular formula is C9H15BrN4S. The maximum absolute atomic E-state index is 4.11. The molecule has 0 saturated carbocycles. The number of aromatic nitrogens is 2. The maximum Gasteiger partial charge on any atom is 0.208 e. The third-order valence-electron chi connectivity index (χ3n) is 2.74. The highest BCUT2D eigenvalue weighted by Gasteiger charge is 2.21. The zero-order valence-electron chi connectivity index (χ0n) is 8.98. The van der Waals surface area contributed by atoms with Gasteiger partial charge in [-0.2, -0.15) is 0 Å². The van der Waals surface area contributed by atoms with Crippen LogP contribution in [-0.4, -0.2) is 48.8 Å². The Morgan fingerprint density at radius 3 is 2.93 bits per heavy atom. The fourth-order valence-corrected chi connectivity index (χ4v) is 3.05. The van der Waals surface area contributed by atoms with Crippen molar-refractivity contribution in [1.82, 2.24) is 15.1 Å². The summed E-state index contributed by atoms with van der Waals surface area (Å²) in [7, 11) is 4.27. The van der Waals surface area contributed by atoms with Gasteiger partial charge >= 0.3 is 0 Å². The summed E-state index contributed by atoms with van der Waals surface area (Å²) >= 11 is 4.92. The molecule has 1 aliphatic rings. The van der Waals surface area contributed by atoms with Crippen LogP contribution >= 0.6 is 27.3 Å². The van der Waals surface area contributed by atoms with Crippen molar-refractivity contribution in [3.63, 3.8) is 0 Å². The van der Waals surface area contributed by atoms with E-state index in [4.69, 9.17) is 0 Å². The normalized spacial score (nSPS) is 22.2. The number of anilines is 1. The fourth-order valence-electron chi connectivity index (χ4n) is 1.99. The van der Waals surface area contributed by atoms with E-state index in [1.165, 1.54) is 19.5 Å². The van der Waals surface area contributed by atoms with Crippen molar-refractivity contribution in [1.29, 1.82) is 0 Å². The molecular weight excluding hydrogens is 276 g/mol. The molecule has 0 radical (unpaired) electrons. The Bertz CT molecular complexity index is 330. The van der Waals surface area contributed by atoms with Gasteiger partial charge in [0, 0.05) is 20.1 Å². The molecule has 1 aliphatic heterocycles. The zero-order valence-corrected chi connectivity index (χ0v) is 11.4. The van der Waals surface area contributed by atoms with Crippen molar-refractivity contribution in [3.8, 4) is 0 Å². The lowest BCUT2D eigenvalue weighted by atomic mass is 10.1. The summed E-state index contributed by atoms with van der Waals surface area (Å²) in [6, 6.07) is 0. The molecule has 4 nitrogen and oxygen atoms in total. The Kier molecular flexibility index (Phi) is 3.58. The van der Waals surface area contributed by atoms with Crippen molar-refractivity contribution < 1.29 is 0 Å². The highest BCUT2D eigenvalue weighted by Crippen LogP contribution is 2.25. The van der Waals surface area contributed by atoms with Crippen molar-refractivity contribution in [2.45, 2.75) is 6.42 Å². The van der Waals surface area contributed by atoms with Gasteiger partial charge in [-0.05, 0) is 41.9 Å². The Morgan fingerprint density at radius 2 is 2.40 bits per heavy atom. The van der Waals surface area contributed by atoms with Crippen LogP contribution < -0.4 is 4.90 Å². The number of hydrogen-bond acceptors (Lipinski definition) is 5. The second-order valence-electron chi connectivity index (χ2n) is 4.14. The van der Waals surface area contributed by atoms with E-state index in [2.05, 4.69) is 50.0 Å². The second-order valence-corrected chi connectivity index (χ2v) is 6.37. The molecule has 84 valence electrons. The number of likely N-dealkylation sites (tertiary alicyclic amines) is 1. The number of rotatable bonds is 3. The van der Waals surface area contributed by atoms with E-state index in [9.17, 15) is 0 Å². The Balaban J connectivity index is 1.89. The van der Waals surface area contributed by atoms with E-state index in [1.807, 2.05) is 0 Å². The lowest BCUT2D eigenvalue weighted by Crippen LogP contribution is -2.27. The lowest BCUT2D eigenvalue weighted by Gasteiger charge is -2.19. The largest absolute Gasteiger partial charge is 0.349 e. The Morgan fingerprint density at radius 1 is 1.60 bits per heavy atom. The predicted molar refractivity (Wildman–Crippen MR) is 66.5 cm³/mol. The molecule has 15 heavy (non-hydrogen) atoms. The first-order valence-corrected chi connectivity index (χ1v) is 6.65. The number of halogens is 1. The average Bonchev–Trinajstić information content (AvgIpc) is 2.75. The van der Waals surface area contributed by atoms with Crippen LogP contribution in [0.4, 0.5) is 5.13 Å². The highest BCUT2D eigenvalue weighted by atomic mass is 79.9. The molecule has 1 saturated heterocycles. The highest BCUT2D eigenvalue weighted by molar-refractivity contribution is 9.11. The lowest BCUT2D eigenvalue weighted by molar-refractivity contribution is 0.396. The maximum atomic E-state index is 4.11. The molecule has 1 unspecified atom stereocenters. The van der Waals surface area contributed by atoms with Gasteiger partial charge in [0.05, 0.1) is 0 Å². The van der Waals surface area contributed by atoms with Gasteiger partial charge in [0.15, 0.2) is 3.92 Å². The van der Waals surface area contributed by atoms with Gasteiger partial charge in [0.25, 0.3) is 0 Å². The quantitative estimate of drug-likeness (QED) is 0.848. The van der Waals surface area contributed by atoms with Gasteiger partial charge < -0.3 is 9.80 Å². The summed E-state index contributed by atoms with van der Waals surface area (Å²) in [5.74, 6) is 0.766. The molecule has 0 spiro atoms. The molecule has 2 heterocycles. The van der Waals surface area contributed by atoms with Crippen molar-refractivity contribution in [2.75, 3.05) is 38.6 Å². The molecule has 0 amide bonds. The molecule has 0 aromatic carbocycles. The van der Waals surface area contributed by atoms with E-state index in [0.717, 1.165) is 21.5 Å². The van der Waals surface area contributed by atoms with Crippen LogP contribution in [0.5, 0.6) is 0 Å². The van der Waals surface area contributed by atoms with E-state index in [-0.39, 0.29) is 0 Å². The topological polar surface area (TPSA) is 32.3 Å². The Labute approximate surface area is 102 Å². The zero-order chi connectivity index (χ0) is 10.8. The number of hydrogen-bond donors (Lipinski definition) is 0. The van der Waals surface area contributed by atoms with Gasteiger partial charge in [0.2, 0.25) is 5.13 Å². The third-order valence-corrected chi connectivity index (χ3v) is 4.21. The van der Waals surface area contributed by atoms with Crippen molar-refractivity contribution in [2.24, 2.45) is 5.92 Å². The van der Waals surface area contributed by atoms with Crippen LogP contribution in [0.1, 0.15) is 6.42 Å². The molecule has 1 aromatic rings. The van der Waals surface area contributed by atoms with Crippen molar-refractivity contribution in [3.05, 3.63) is 3.92 Å². The van der Waals surface area contributed by atoms with Crippen LogP contribution in [0.3, 0.4) is 0 Å². The van der Waals surface area contributed by atoms with Gasteiger partial charge in [0.1, 0.15) is 0 Å². The molecule has 0 aliphatic carbocycles. The fraction of sp³-hybridized carbons (Fsp3) is 0.778. The van der Waals surface area contributed by atoms with E-state index >= 15 is 0 Å². The first-order valence-electron chi connectivity index (χ1n) is 5.04. The van der Waals surface area contributed by atoms with Gasteiger partial charge in [-0.15, -0.1) is 10.2 Å². The van der Waals surface area contributed by atoms with Gasteiger partial charge in [-0.25, -0.2) is 0 Å². The minimum atomic E-state index is 0.766. The summed E-state index contributed by atoms with van der Waals surface area (Å²) < 4.78 is 0.855. The van der Waals surface area contributed by atoms with Crippen molar-refractivity contribution >= 4 is 32.4 Å². The third kappa shape index (κ3) is 2.89. The van der Waals surface area contributed by atoms with Crippen LogP contribution in [0.15, 0.2) is 3.92 Å². The smallest absolute Gasteiger partial charge is 0.208 e. The summed E-state index contributed by atoms with van der Waals surface area (Å²) in [6.07, 6.45) is 1.29. The second kappa shape index (κ2) is 4.76. The molecule has 1 fully saturated rings. The van der Waals surface area contributed by atoms with E-state index in [0.29, 0.717) is 0 Å². The van der Waals surface area contributed by atoms with Crippen LogP contribution in [0.2, 0.25) is 0 Å². The first-order chi connectivity index (χ1) is 7.15. The first kappa shape index (κ1) is 11.3. The summed E-state index contributed by atoms with van der Waals surface area (Å²) in [4.78, 5) is 4.58. The van der Waals surface area contributed by atoms with Crippen LogP contribution in [-0.2, 0) is 0 Å². The molecule has 2 rings (SSSR count). The molecule has 0 bridgehead atoms.